The van der Waals surface area contributed by atoms with E-state index < -0.39 is 0 Å². The molecule has 1 aromatic heterocycles. The number of nitrogens with zero attached hydrogens (tertiary/aromatic N) is 3. The molecule has 0 saturated carbocycles. The van der Waals surface area contributed by atoms with E-state index in [1.807, 2.05) is 27.7 Å². The summed E-state index contributed by atoms with van der Waals surface area (Å²) in [5.74, 6) is 0.706. The summed E-state index contributed by atoms with van der Waals surface area (Å²) in [7, 11) is 0. The Labute approximate surface area is 119 Å². The molecule has 1 saturated heterocycles. The molecule has 0 aromatic carbocycles. The first kappa shape index (κ1) is 14.7. The molecule has 0 spiro atoms. The van der Waals surface area contributed by atoms with Crippen molar-refractivity contribution >= 4 is 6.03 Å². The van der Waals surface area contributed by atoms with E-state index >= 15 is 0 Å². The van der Waals surface area contributed by atoms with Crippen LogP contribution in [0.2, 0.25) is 0 Å². The number of aromatic nitrogens is 2. The molecule has 2 amide bonds. The van der Waals surface area contributed by atoms with Crippen LogP contribution in [-0.4, -0.2) is 45.7 Å². The van der Waals surface area contributed by atoms with Gasteiger partial charge < -0.3 is 15.0 Å². The summed E-state index contributed by atoms with van der Waals surface area (Å²) in [4.78, 5) is 22.3. The van der Waals surface area contributed by atoms with Gasteiger partial charge in [-0.2, -0.15) is 0 Å². The Kier molecular flexibility index (Phi) is 4.23. The normalized spacial score (nSPS) is 21.6. The van der Waals surface area contributed by atoms with Crippen LogP contribution in [0, 0.1) is 6.92 Å². The van der Waals surface area contributed by atoms with Gasteiger partial charge in [0, 0.05) is 12.7 Å². The van der Waals surface area contributed by atoms with Gasteiger partial charge in [-0.1, -0.05) is 0 Å². The zero-order valence-corrected chi connectivity index (χ0v) is 12.5. The minimum absolute atomic E-state index is 0.0470. The van der Waals surface area contributed by atoms with Gasteiger partial charge in [0.15, 0.2) is 0 Å². The van der Waals surface area contributed by atoms with E-state index in [4.69, 9.17) is 4.74 Å². The van der Waals surface area contributed by atoms with Crippen molar-refractivity contribution < 1.29 is 9.53 Å². The van der Waals surface area contributed by atoms with Crippen LogP contribution in [0.25, 0.3) is 0 Å². The molecule has 1 aliphatic rings. The van der Waals surface area contributed by atoms with Crippen LogP contribution in [0.1, 0.15) is 32.3 Å². The van der Waals surface area contributed by atoms with Gasteiger partial charge in [-0.05, 0) is 33.8 Å². The first-order chi connectivity index (χ1) is 9.35. The number of amides is 2. The Morgan fingerprint density at radius 2 is 2.35 bits per heavy atom. The molecule has 110 valence electrons. The molecule has 1 atom stereocenters. The molecule has 1 fully saturated rings. The van der Waals surface area contributed by atoms with Gasteiger partial charge in [-0.15, -0.1) is 0 Å². The Morgan fingerprint density at radius 1 is 1.60 bits per heavy atom. The van der Waals surface area contributed by atoms with Crippen LogP contribution in [0.4, 0.5) is 4.79 Å². The van der Waals surface area contributed by atoms with E-state index in [1.165, 1.54) is 0 Å². The molecule has 6 heteroatoms. The molecular formula is C14H22N4O2. The third-order valence-electron chi connectivity index (χ3n) is 3.11. The Hall–Kier alpha value is -1.69. The molecule has 2 heterocycles. The largest absolute Gasteiger partial charge is 0.369 e. The molecule has 1 N–H and O–H groups in total. The highest BCUT2D eigenvalue weighted by atomic mass is 16.5. The third kappa shape index (κ3) is 3.90. The van der Waals surface area contributed by atoms with E-state index in [1.54, 1.807) is 17.2 Å². The van der Waals surface area contributed by atoms with Gasteiger partial charge in [-0.3, -0.25) is 0 Å². The van der Waals surface area contributed by atoms with Crippen molar-refractivity contribution in [1.82, 2.24) is 20.2 Å². The SMILES string of the molecule is Cc1nccc(CNC(=O)N2CC(C)OC(C)(C)C2)n1. The summed E-state index contributed by atoms with van der Waals surface area (Å²) in [6, 6.07) is 1.73. The van der Waals surface area contributed by atoms with Gasteiger partial charge in [-0.25, -0.2) is 14.8 Å². The number of aryl methyl sites for hydroxylation is 1. The number of rotatable bonds is 2. The lowest BCUT2D eigenvalue weighted by molar-refractivity contribution is -0.117. The molecular weight excluding hydrogens is 256 g/mol. The summed E-state index contributed by atoms with van der Waals surface area (Å²) >= 11 is 0. The number of hydrogen-bond donors (Lipinski definition) is 1. The van der Waals surface area contributed by atoms with E-state index in [-0.39, 0.29) is 17.7 Å². The number of ether oxygens (including phenoxy) is 1. The lowest BCUT2D eigenvalue weighted by atomic mass is 10.1. The average Bonchev–Trinajstić information content (AvgIpc) is 2.33. The second-order valence-corrected chi connectivity index (χ2v) is 5.82. The highest BCUT2D eigenvalue weighted by molar-refractivity contribution is 5.74. The van der Waals surface area contributed by atoms with E-state index in [0.29, 0.717) is 25.5 Å². The fraction of sp³-hybridized carbons (Fsp3) is 0.643. The Morgan fingerprint density at radius 3 is 3.00 bits per heavy atom. The molecule has 6 nitrogen and oxygen atoms in total. The topological polar surface area (TPSA) is 67.4 Å². The van der Waals surface area contributed by atoms with E-state index in [9.17, 15) is 4.79 Å². The molecule has 20 heavy (non-hydrogen) atoms. The second kappa shape index (κ2) is 5.75. The van der Waals surface area contributed by atoms with Crippen molar-refractivity contribution in [2.24, 2.45) is 0 Å². The van der Waals surface area contributed by atoms with Crippen LogP contribution in [0.15, 0.2) is 12.3 Å². The van der Waals surface area contributed by atoms with Crippen LogP contribution >= 0.6 is 0 Å². The first-order valence-electron chi connectivity index (χ1n) is 6.85. The molecule has 0 aliphatic carbocycles. The molecule has 1 unspecified atom stereocenters. The summed E-state index contributed by atoms with van der Waals surface area (Å²) in [6.45, 7) is 9.41. The van der Waals surface area contributed by atoms with Crippen molar-refractivity contribution in [2.75, 3.05) is 13.1 Å². The number of carbonyl (C=O) groups is 1. The average molecular weight is 278 g/mol. The standard InChI is InChI=1S/C14H22N4O2/c1-10-8-18(9-14(3,4)20-10)13(19)16-7-12-5-6-15-11(2)17-12/h5-6,10H,7-9H2,1-4H3,(H,16,19). The second-order valence-electron chi connectivity index (χ2n) is 5.82. The van der Waals surface area contributed by atoms with Crippen LogP contribution < -0.4 is 5.32 Å². The van der Waals surface area contributed by atoms with Gasteiger partial charge in [0.25, 0.3) is 0 Å². The Bertz CT molecular complexity index is 490. The van der Waals surface area contributed by atoms with Crippen LogP contribution in [0.3, 0.4) is 0 Å². The predicted molar refractivity (Wildman–Crippen MR) is 75.2 cm³/mol. The lowest BCUT2D eigenvalue weighted by Gasteiger charge is -2.41. The van der Waals surface area contributed by atoms with Crippen LogP contribution in [-0.2, 0) is 11.3 Å². The van der Waals surface area contributed by atoms with Gasteiger partial charge >= 0.3 is 6.03 Å². The quantitative estimate of drug-likeness (QED) is 0.890. The monoisotopic (exact) mass is 278 g/mol. The summed E-state index contributed by atoms with van der Waals surface area (Å²) in [5.41, 5.74) is 0.506. The van der Waals surface area contributed by atoms with E-state index in [0.717, 1.165) is 5.69 Å². The minimum Gasteiger partial charge on any atom is -0.369 e. The molecule has 1 aliphatic heterocycles. The van der Waals surface area contributed by atoms with Crippen molar-refractivity contribution in [3.63, 3.8) is 0 Å². The maximum Gasteiger partial charge on any atom is 0.317 e. The molecule has 2 rings (SSSR count). The van der Waals surface area contributed by atoms with Gasteiger partial charge in [0.2, 0.25) is 0 Å². The van der Waals surface area contributed by atoms with Gasteiger partial charge in [0.05, 0.1) is 30.5 Å². The minimum atomic E-state index is -0.305. The number of morpholine rings is 1. The highest BCUT2D eigenvalue weighted by Crippen LogP contribution is 2.20. The Balaban J connectivity index is 1.91. The first-order valence-corrected chi connectivity index (χ1v) is 6.85. The lowest BCUT2D eigenvalue weighted by Crippen LogP contribution is -2.56. The molecule has 1 aromatic rings. The maximum absolute atomic E-state index is 12.2. The molecule has 0 radical (unpaired) electrons. The zero-order chi connectivity index (χ0) is 14.8. The number of hydrogen-bond acceptors (Lipinski definition) is 4. The van der Waals surface area contributed by atoms with Gasteiger partial charge in [0.1, 0.15) is 5.82 Å². The third-order valence-corrected chi connectivity index (χ3v) is 3.11. The summed E-state index contributed by atoms with van der Waals surface area (Å²) in [5, 5.41) is 2.90. The summed E-state index contributed by atoms with van der Waals surface area (Å²) in [6.07, 6.45) is 1.75. The molecule has 0 bridgehead atoms. The van der Waals surface area contributed by atoms with E-state index in [2.05, 4.69) is 15.3 Å². The van der Waals surface area contributed by atoms with Crippen LogP contribution in [0.5, 0.6) is 0 Å². The van der Waals surface area contributed by atoms with Crippen molar-refractivity contribution in [2.45, 2.75) is 45.9 Å². The fourth-order valence-corrected chi connectivity index (χ4v) is 2.49. The van der Waals surface area contributed by atoms with Crippen molar-refractivity contribution in [3.8, 4) is 0 Å². The number of urea groups is 1. The smallest absolute Gasteiger partial charge is 0.317 e. The maximum atomic E-state index is 12.2. The highest BCUT2D eigenvalue weighted by Gasteiger charge is 2.33. The summed E-state index contributed by atoms with van der Waals surface area (Å²) < 4.78 is 5.79. The predicted octanol–water partition coefficient (Wildman–Crippen LogP) is 1.49. The van der Waals surface area contributed by atoms with Crippen molar-refractivity contribution in [1.29, 1.82) is 0 Å². The zero-order valence-electron chi connectivity index (χ0n) is 12.5. The number of carbonyl (C=O) groups excluding carboxylic acids is 1. The van der Waals surface area contributed by atoms with Crippen molar-refractivity contribution in [3.05, 3.63) is 23.8 Å². The fourth-order valence-electron chi connectivity index (χ4n) is 2.49. The number of nitrogens with one attached hydrogen (secondary N) is 1.